The molecule has 0 saturated heterocycles. The van der Waals surface area contributed by atoms with Crippen LogP contribution in [-0.4, -0.2) is 26.4 Å². The molecule has 0 aliphatic carbocycles. The molecule has 25 heavy (non-hydrogen) atoms. The van der Waals surface area contributed by atoms with Gasteiger partial charge in [0.15, 0.2) is 4.77 Å². The molecule has 1 aliphatic rings. The normalized spacial score (nSPS) is 14.3. The molecule has 3 heterocycles. The number of pyridine rings is 1. The van der Waals surface area contributed by atoms with Gasteiger partial charge in [-0.25, -0.2) is 4.98 Å². The standard InChI is InChI=1S/C19H17BrN4S/c20-16-3-1-2-13(8-16)17-4-6-21-9-14(17)11-24-7-5-18-15(12-24)10-22-19(25)23-18/h1-4,6,8-10H,5,7,11-12H2,(H,22,23,25). The lowest BCUT2D eigenvalue weighted by Gasteiger charge is -2.28. The van der Waals surface area contributed by atoms with Crippen LogP contribution in [0.4, 0.5) is 0 Å². The van der Waals surface area contributed by atoms with Gasteiger partial charge < -0.3 is 4.98 Å². The average molecular weight is 413 g/mol. The Hall–Kier alpha value is -1.89. The van der Waals surface area contributed by atoms with Gasteiger partial charge in [0.05, 0.1) is 0 Å². The fourth-order valence-electron chi connectivity index (χ4n) is 3.27. The number of rotatable bonds is 3. The zero-order valence-corrected chi connectivity index (χ0v) is 16.0. The first-order valence-corrected chi connectivity index (χ1v) is 9.37. The Morgan fingerprint density at radius 1 is 1.24 bits per heavy atom. The van der Waals surface area contributed by atoms with Gasteiger partial charge in [-0.3, -0.25) is 9.88 Å². The summed E-state index contributed by atoms with van der Waals surface area (Å²) >= 11 is 8.68. The van der Waals surface area contributed by atoms with Crippen molar-refractivity contribution in [2.75, 3.05) is 6.54 Å². The molecule has 0 spiro atoms. The van der Waals surface area contributed by atoms with Crippen LogP contribution in [0.25, 0.3) is 11.1 Å². The molecule has 4 rings (SSSR count). The minimum absolute atomic E-state index is 0.566. The van der Waals surface area contributed by atoms with Crippen molar-refractivity contribution < 1.29 is 0 Å². The maximum Gasteiger partial charge on any atom is 0.196 e. The third kappa shape index (κ3) is 3.71. The second-order valence-electron chi connectivity index (χ2n) is 6.20. The van der Waals surface area contributed by atoms with Gasteiger partial charge in [0.1, 0.15) is 0 Å². The quantitative estimate of drug-likeness (QED) is 0.642. The highest BCUT2D eigenvalue weighted by molar-refractivity contribution is 9.10. The van der Waals surface area contributed by atoms with E-state index in [4.69, 9.17) is 12.2 Å². The van der Waals surface area contributed by atoms with Crippen LogP contribution in [0.15, 0.2) is 53.4 Å². The first-order valence-electron chi connectivity index (χ1n) is 8.17. The number of hydrogen-bond acceptors (Lipinski definition) is 4. The molecule has 0 saturated carbocycles. The molecular weight excluding hydrogens is 396 g/mol. The molecule has 6 heteroatoms. The predicted molar refractivity (Wildman–Crippen MR) is 105 cm³/mol. The Kier molecular flexibility index (Phi) is 4.74. The van der Waals surface area contributed by atoms with E-state index in [2.05, 4.69) is 60.0 Å². The van der Waals surface area contributed by atoms with Gasteiger partial charge in [-0.1, -0.05) is 28.1 Å². The highest BCUT2D eigenvalue weighted by atomic mass is 79.9. The number of nitrogens with zero attached hydrogens (tertiary/aromatic N) is 3. The third-order valence-electron chi connectivity index (χ3n) is 4.49. The molecule has 126 valence electrons. The minimum atomic E-state index is 0.566. The third-order valence-corrected chi connectivity index (χ3v) is 5.19. The minimum Gasteiger partial charge on any atom is -0.334 e. The Balaban J connectivity index is 1.60. The smallest absolute Gasteiger partial charge is 0.196 e. The molecule has 0 bridgehead atoms. The van der Waals surface area contributed by atoms with Gasteiger partial charge in [-0.2, -0.15) is 0 Å². The van der Waals surface area contributed by atoms with Crippen LogP contribution in [0.1, 0.15) is 16.8 Å². The summed E-state index contributed by atoms with van der Waals surface area (Å²) in [6.07, 6.45) is 6.70. The van der Waals surface area contributed by atoms with E-state index in [-0.39, 0.29) is 0 Å². The number of fused-ring (bicyclic) bond motifs is 1. The van der Waals surface area contributed by atoms with Crippen molar-refractivity contribution in [1.82, 2.24) is 19.9 Å². The van der Waals surface area contributed by atoms with Crippen molar-refractivity contribution in [3.63, 3.8) is 0 Å². The molecule has 4 nitrogen and oxygen atoms in total. The molecule has 0 unspecified atom stereocenters. The second kappa shape index (κ2) is 7.15. The average Bonchev–Trinajstić information content (AvgIpc) is 2.62. The molecule has 2 aromatic heterocycles. The molecule has 0 amide bonds. The maximum atomic E-state index is 5.12. The van der Waals surface area contributed by atoms with Gasteiger partial charge in [0.2, 0.25) is 0 Å². The number of benzene rings is 1. The summed E-state index contributed by atoms with van der Waals surface area (Å²) in [5.41, 5.74) is 6.12. The van der Waals surface area contributed by atoms with Gasteiger partial charge >= 0.3 is 0 Å². The van der Waals surface area contributed by atoms with Gasteiger partial charge in [0, 0.05) is 60.4 Å². The summed E-state index contributed by atoms with van der Waals surface area (Å²) in [6, 6.07) is 10.5. The van der Waals surface area contributed by atoms with Crippen LogP contribution in [0.2, 0.25) is 0 Å². The van der Waals surface area contributed by atoms with Crippen molar-refractivity contribution in [1.29, 1.82) is 0 Å². The van der Waals surface area contributed by atoms with E-state index in [9.17, 15) is 0 Å². The molecule has 0 fully saturated rings. The topological polar surface area (TPSA) is 44.8 Å². The summed E-state index contributed by atoms with van der Waals surface area (Å²) in [6.45, 7) is 2.74. The summed E-state index contributed by atoms with van der Waals surface area (Å²) in [5.74, 6) is 0. The summed E-state index contributed by atoms with van der Waals surface area (Å²) < 4.78 is 1.65. The van der Waals surface area contributed by atoms with Crippen LogP contribution in [0, 0.1) is 4.77 Å². The van der Waals surface area contributed by atoms with E-state index >= 15 is 0 Å². The monoisotopic (exact) mass is 412 g/mol. The summed E-state index contributed by atoms with van der Waals surface area (Å²) in [7, 11) is 0. The lowest BCUT2D eigenvalue weighted by Crippen LogP contribution is -2.31. The van der Waals surface area contributed by atoms with Crippen molar-refractivity contribution in [2.45, 2.75) is 19.5 Å². The lowest BCUT2D eigenvalue weighted by atomic mass is 10.0. The van der Waals surface area contributed by atoms with Crippen LogP contribution >= 0.6 is 28.1 Å². The number of halogens is 1. The second-order valence-corrected chi connectivity index (χ2v) is 7.50. The highest BCUT2D eigenvalue weighted by Crippen LogP contribution is 2.27. The zero-order valence-electron chi connectivity index (χ0n) is 13.6. The molecular formula is C19H17BrN4S. The van der Waals surface area contributed by atoms with Crippen molar-refractivity contribution in [3.05, 3.63) is 75.0 Å². The number of aromatic amines is 1. The number of nitrogens with one attached hydrogen (secondary N) is 1. The summed E-state index contributed by atoms with van der Waals surface area (Å²) in [5, 5.41) is 0. The van der Waals surface area contributed by atoms with E-state index in [0.717, 1.165) is 30.5 Å². The fraction of sp³-hybridized carbons (Fsp3) is 0.211. The SMILES string of the molecule is S=c1ncc2c([nH]1)CCN(Cc1cnccc1-c1cccc(Br)c1)C2. The molecule has 3 aromatic rings. The largest absolute Gasteiger partial charge is 0.334 e. The number of hydrogen-bond donors (Lipinski definition) is 1. The van der Waals surface area contributed by atoms with E-state index < -0.39 is 0 Å². The Morgan fingerprint density at radius 3 is 3.04 bits per heavy atom. The van der Waals surface area contributed by atoms with Crippen molar-refractivity contribution in [2.24, 2.45) is 0 Å². The Bertz CT molecular complexity index is 969. The fourth-order valence-corrected chi connectivity index (χ4v) is 3.85. The number of H-pyrrole nitrogens is 1. The first-order chi connectivity index (χ1) is 12.2. The maximum absolute atomic E-state index is 5.12. The van der Waals surface area contributed by atoms with E-state index in [0.29, 0.717) is 4.77 Å². The molecule has 0 atom stereocenters. The summed E-state index contributed by atoms with van der Waals surface area (Å²) in [4.78, 5) is 14.2. The van der Waals surface area contributed by atoms with Crippen LogP contribution in [0.5, 0.6) is 0 Å². The van der Waals surface area contributed by atoms with Gasteiger partial charge in [-0.15, -0.1) is 0 Å². The van der Waals surface area contributed by atoms with Gasteiger partial charge in [0.25, 0.3) is 0 Å². The van der Waals surface area contributed by atoms with E-state index in [1.165, 1.54) is 27.9 Å². The predicted octanol–water partition coefficient (Wildman–Crippen LogP) is 4.52. The zero-order chi connectivity index (χ0) is 17.2. The number of aromatic nitrogens is 3. The van der Waals surface area contributed by atoms with E-state index in [1.807, 2.05) is 24.7 Å². The van der Waals surface area contributed by atoms with Crippen LogP contribution in [0.3, 0.4) is 0 Å². The van der Waals surface area contributed by atoms with E-state index in [1.54, 1.807) is 0 Å². The van der Waals surface area contributed by atoms with Crippen molar-refractivity contribution in [3.8, 4) is 11.1 Å². The molecule has 1 N–H and O–H groups in total. The molecule has 1 aromatic carbocycles. The van der Waals surface area contributed by atoms with Crippen LogP contribution in [-0.2, 0) is 19.5 Å². The molecule has 1 aliphatic heterocycles. The van der Waals surface area contributed by atoms with Gasteiger partial charge in [-0.05, 0) is 47.1 Å². The molecule has 0 radical (unpaired) electrons. The highest BCUT2D eigenvalue weighted by Gasteiger charge is 2.18. The van der Waals surface area contributed by atoms with Crippen molar-refractivity contribution >= 4 is 28.1 Å². The lowest BCUT2D eigenvalue weighted by molar-refractivity contribution is 0.243. The first kappa shape index (κ1) is 16.6. The Morgan fingerprint density at radius 2 is 2.16 bits per heavy atom. The Labute approximate surface area is 160 Å². The van der Waals surface area contributed by atoms with Crippen LogP contribution < -0.4 is 0 Å².